The number of aromatic nitrogens is 4. The van der Waals surface area contributed by atoms with E-state index in [1.165, 1.54) is 21.8 Å². The predicted molar refractivity (Wildman–Crippen MR) is 133 cm³/mol. The van der Waals surface area contributed by atoms with Gasteiger partial charge in [0, 0.05) is 23.8 Å². The number of rotatable bonds is 8. The van der Waals surface area contributed by atoms with Gasteiger partial charge >= 0.3 is 0 Å². The van der Waals surface area contributed by atoms with Crippen molar-refractivity contribution in [3.8, 4) is 11.4 Å². The van der Waals surface area contributed by atoms with Gasteiger partial charge in [0.15, 0.2) is 0 Å². The van der Waals surface area contributed by atoms with Crippen molar-refractivity contribution in [3.05, 3.63) is 104 Å². The number of aromatic amines is 2. The average Bonchev–Trinajstić information content (AvgIpc) is 3.30. The van der Waals surface area contributed by atoms with Gasteiger partial charge in [0.2, 0.25) is 0 Å². The predicted octanol–water partition coefficient (Wildman–Crippen LogP) is 2.16. The molecule has 0 atom stereocenters. The second-order valence-electron chi connectivity index (χ2n) is 7.90. The molecule has 174 valence electrons. The Morgan fingerprint density at radius 3 is 1.53 bits per heavy atom. The van der Waals surface area contributed by atoms with Crippen molar-refractivity contribution in [2.24, 2.45) is 9.98 Å². The van der Waals surface area contributed by atoms with E-state index in [0.717, 1.165) is 11.4 Å². The molecule has 0 saturated carbocycles. The van der Waals surface area contributed by atoms with Gasteiger partial charge in [-0.2, -0.15) is 0 Å². The normalized spacial score (nSPS) is 12.7. The Hall–Kier alpha value is -4.24. The molecule has 0 unspecified atom stereocenters. The summed E-state index contributed by atoms with van der Waals surface area (Å²) in [4.78, 5) is 33.8. The first kappa shape index (κ1) is 22.9. The van der Waals surface area contributed by atoms with Crippen LogP contribution in [-0.2, 0) is 0 Å². The van der Waals surface area contributed by atoms with Gasteiger partial charge in [-0.1, -0.05) is 36.4 Å². The van der Waals surface area contributed by atoms with Gasteiger partial charge in [0.25, 0.3) is 11.1 Å². The summed E-state index contributed by atoms with van der Waals surface area (Å²) >= 11 is 0. The van der Waals surface area contributed by atoms with Gasteiger partial charge in [0.1, 0.15) is 0 Å². The van der Waals surface area contributed by atoms with Crippen LogP contribution < -0.4 is 11.1 Å². The molecule has 0 saturated heterocycles. The highest BCUT2D eigenvalue weighted by Crippen LogP contribution is 2.07. The maximum Gasteiger partial charge on any atom is 0.280 e. The number of aliphatic imine (C=N–C) groups is 2. The quantitative estimate of drug-likeness (QED) is 0.351. The Morgan fingerprint density at radius 1 is 0.765 bits per heavy atom. The molecule has 0 radical (unpaired) electrons. The third kappa shape index (κ3) is 4.89. The maximum absolute atomic E-state index is 12.7. The zero-order valence-corrected chi connectivity index (χ0v) is 19.0. The SMILES string of the molecule is Cc1[nH]n(-c2ccccc2)c(=O)c1C=NCC(O)CN=Cc1c(C)[nH]n(-c2ccccc2)c1=O. The number of hydrogen-bond acceptors (Lipinski definition) is 5. The molecule has 9 nitrogen and oxygen atoms in total. The molecule has 0 aliphatic heterocycles. The molecule has 0 bridgehead atoms. The molecule has 4 rings (SSSR count). The molecule has 2 heterocycles. The Labute approximate surface area is 195 Å². The van der Waals surface area contributed by atoms with Gasteiger partial charge in [0.05, 0.1) is 41.7 Å². The molecule has 0 fully saturated rings. The summed E-state index contributed by atoms with van der Waals surface area (Å²) < 4.78 is 2.91. The first-order chi connectivity index (χ1) is 16.5. The fourth-order valence-electron chi connectivity index (χ4n) is 3.53. The van der Waals surface area contributed by atoms with Gasteiger partial charge < -0.3 is 5.11 Å². The monoisotopic (exact) mass is 458 g/mol. The second kappa shape index (κ2) is 10.1. The van der Waals surface area contributed by atoms with Crippen molar-refractivity contribution in [1.82, 2.24) is 19.6 Å². The Kier molecular flexibility index (Phi) is 6.84. The van der Waals surface area contributed by atoms with E-state index in [-0.39, 0.29) is 24.2 Å². The molecular weight excluding hydrogens is 432 g/mol. The summed E-state index contributed by atoms with van der Waals surface area (Å²) in [5, 5.41) is 16.3. The molecular formula is C25H26N6O3. The van der Waals surface area contributed by atoms with Crippen LogP contribution >= 0.6 is 0 Å². The molecule has 2 aromatic carbocycles. The number of aryl methyl sites for hydroxylation is 2. The van der Waals surface area contributed by atoms with Crippen molar-refractivity contribution >= 4 is 12.4 Å². The van der Waals surface area contributed by atoms with Crippen molar-refractivity contribution in [3.63, 3.8) is 0 Å². The number of para-hydroxylation sites is 2. The highest BCUT2D eigenvalue weighted by Gasteiger charge is 2.12. The number of aliphatic hydroxyl groups is 1. The summed E-state index contributed by atoms with van der Waals surface area (Å²) in [6.45, 7) is 3.74. The standard InChI is InChI=1S/C25H26N6O3/c1-17-22(24(33)30(28-17)19-9-5-3-6-10-19)15-26-13-21(32)14-27-16-23-18(2)29-31(25(23)34)20-11-7-4-8-12-20/h3-12,15-16,21,28-29,32H,13-14H2,1-2H3. The van der Waals surface area contributed by atoms with E-state index in [9.17, 15) is 14.7 Å². The number of benzene rings is 2. The van der Waals surface area contributed by atoms with E-state index in [1.54, 1.807) is 13.8 Å². The summed E-state index contributed by atoms with van der Waals surface area (Å²) in [6.07, 6.45) is 2.09. The largest absolute Gasteiger partial charge is 0.389 e. The molecule has 34 heavy (non-hydrogen) atoms. The molecule has 0 spiro atoms. The molecule has 0 aliphatic rings. The number of nitrogens with zero attached hydrogens (tertiary/aromatic N) is 4. The molecule has 9 heteroatoms. The third-order valence-electron chi connectivity index (χ3n) is 5.34. The zero-order chi connectivity index (χ0) is 24.1. The van der Waals surface area contributed by atoms with E-state index in [2.05, 4.69) is 20.2 Å². The first-order valence-electron chi connectivity index (χ1n) is 10.9. The maximum atomic E-state index is 12.7. The Morgan fingerprint density at radius 2 is 1.15 bits per heavy atom. The van der Waals surface area contributed by atoms with Crippen molar-refractivity contribution in [1.29, 1.82) is 0 Å². The smallest absolute Gasteiger partial charge is 0.280 e. The van der Waals surface area contributed by atoms with Crippen molar-refractivity contribution in [2.45, 2.75) is 20.0 Å². The highest BCUT2D eigenvalue weighted by molar-refractivity contribution is 5.81. The summed E-state index contributed by atoms with van der Waals surface area (Å²) in [5.74, 6) is 0. The number of H-pyrrole nitrogens is 2. The number of hydrogen-bond donors (Lipinski definition) is 3. The lowest BCUT2D eigenvalue weighted by atomic mass is 10.2. The van der Waals surface area contributed by atoms with Gasteiger partial charge in [-0.3, -0.25) is 29.8 Å². The zero-order valence-electron chi connectivity index (χ0n) is 19.0. The molecule has 0 aliphatic carbocycles. The molecule has 3 N–H and O–H groups in total. The number of aliphatic hydroxyl groups excluding tert-OH is 1. The minimum absolute atomic E-state index is 0.0765. The van der Waals surface area contributed by atoms with E-state index < -0.39 is 6.10 Å². The van der Waals surface area contributed by atoms with E-state index in [4.69, 9.17) is 0 Å². The minimum atomic E-state index is -0.848. The lowest BCUT2D eigenvalue weighted by Gasteiger charge is -2.02. The van der Waals surface area contributed by atoms with Crippen LogP contribution in [0, 0.1) is 13.8 Å². The second-order valence-corrected chi connectivity index (χ2v) is 7.90. The number of nitrogens with one attached hydrogen (secondary N) is 2. The van der Waals surface area contributed by atoms with Gasteiger partial charge in [-0.15, -0.1) is 0 Å². The van der Waals surface area contributed by atoms with Crippen LogP contribution in [0.5, 0.6) is 0 Å². The van der Waals surface area contributed by atoms with Crippen LogP contribution in [-0.4, -0.2) is 56.3 Å². The van der Waals surface area contributed by atoms with Gasteiger partial charge in [-0.25, -0.2) is 9.36 Å². The lowest BCUT2D eigenvalue weighted by Crippen LogP contribution is -2.19. The third-order valence-corrected chi connectivity index (χ3v) is 5.34. The molecule has 4 aromatic rings. The van der Waals surface area contributed by atoms with Crippen molar-refractivity contribution < 1.29 is 5.11 Å². The summed E-state index contributed by atoms with van der Waals surface area (Å²) in [6, 6.07) is 18.5. The Balaban J connectivity index is 1.39. The van der Waals surface area contributed by atoms with Gasteiger partial charge in [-0.05, 0) is 38.1 Å². The molecule has 0 amide bonds. The average molecular weight is 459 g/mol. The van der Waals surface area contributed by atoms with Crippen LogP contribution in [0.3, 0.4) is 0 Å². The topological polar surface area (TPSA) is 121 Å². The van der Waals surface area contributed by atoms with Crippen LogP contribution in [0.25, 0.3) is 11.4 Å². The van der Waals surface area contributed by atoms with Crippen molar-refractivity contribution in [2.75, 3.05) is 13.1 Å². The minimum Gasteiger partial charge on any atom is -0.389 e. The Bertz CT molecular complexity index is 1320. The van der Waals surface area contributed by atoms with Crippen LogP contribution in [0.15, 0.2) is 80.2 Å². The van der Waals surface area contributed by atoms with Crippen LogP contribution in [0.1, 0.15) is 22.5 Å². The first-order valence-corrected chi connectivity index (χ1v) is 10.9. The van der Waals surface area contributed by atoms with E-state index in [0.29, 0.717) is 22.5 Å². The van der Waals surface area contributed by atoms with E-state index in [1.807, 2.05) is 60.7 Å². The summed E-state index contributed by atoms with van der Waals surface area (Å²) in [7, 11) is 0. The fraction of sp³-hybridized carbons (Fsp3) is 0.200. The van der Waals surface area contributed by atoms with Crippen LogP contribution in [0.2, 0.25) is 0 Å². The fourth-order valence-corrected chi connectivity index (χ4v) is 3.53. The van der Waals surface area contributed by atoms with Crippen LogP contribution in [0.4, 0.5) is 0 Å². The molecule has 2 aromatic heterocycles. The van der Waals surface area contributed by atoms with E-state index >= 15 is 0 Å². The summed E-state index contributed by atoms with van der Waals surface area (Å²) in [5.41, 5.74) is 3.28. The highest BCUT2D eigenvalue weighted by atomic mass is 16.3. The lowest BCUT2D eigenvalue weighted by molar-refractivity contribution is 0.193.